The van der Waals surface area contributed by atoms with Crippen LogP contribution in [-0.2, 0) is 0 Å². The van der Waals surface area contributed by atoms with E-state index in [2.05, 4.69) is 26.1 Å². The van der Waals surface area contributed by atoms with Gasteiger partial charge in [-0.3, -0.25) is 4.98 Å². The van der Waals surface area contributed by atoms with E-state index in [1.54, 1.807) is 12.4 Å². The van der Waals surface area contributed by atoms with Gasteiger partial charge in [-0.1, -0.05) is 27.2 Å². The number of hydrogen-bond acceptors (Lipinski definition) is 3. The standard InChI is InChI=1S/C10H7BrN2O/c11-10-2-1-7(5-13-14)8-3-4-12-6-9(8)10/h1-6,14H. The zero-order chi connectivity index (χ0) is 9.97. The Balaban J connectivity index is 2.81. The molecule has 0 unspecified atom stereocenters. The summed E-state index contributed by atoms with van der Waals surface area (Å²) < 4.78 is 0.982. The van der Waals surface area contributed by atoms with Crippen LogP contribution in [0.4, 0.5) is 0 Å². The van der Waals surface area contributed by atoms with Crippen LogP contribution in [0.2, 0.25) is 0 Å². The van der Waals surface area contributed by atoms with Crippen LogP contribution in [0.5, 0.6) is 0 Å². The van der Waals surface area contributed by atoms with Crippen LogP contribution in [0.15, 0.2) is 40.2 Å². The Labute approximate surface area is 89.2 Å². The molecule has 0 spiro atoms. The van der Waals surface area contributed by atoms with E-state index in [0.29, 0.717) is 0 Å². The Kier molecular flexibility index (Phi) is 2.45. The Morgan fingerprint density at radius 1 is 1.29 bits per heavy atom. The first-order valence-corrected chi connectivity index (χ1v) is 4.82. The van der Waals surface area contributed by atoms with Crippen molar-refractivity contribution in [2.24, 2.45) is 5.16 Å². The Bertz CT molecular complexity index is 496. The molecule has 0 saturated carbocycles. The largest absolute Gasteiger partial charge is 0.411 e. The summed E-state index contributed by atoms with van der Waals surface area (Å²) in [4.78, 5) is 4.04. The van der Waals surface area contributed by atoms with Gasteiger partial charge >= 0.3 is 0 Å². The van der Waals surface area contributed by atoms with Crippen molar-refractivity contribution in [3.63, 3.8) is 0 Å². The van der Waals surface area contributed by atoms with Crippen molar-refractivity contribution in [1.29, 1.82) is 0 Å². The summed E-state index contributed by atoms with van der Waals surface area (Å²) in [7, 11) is 0. The molecule has 3 nitrogen and oxygen atoms in total. The molecule has 0 aliphatic rings. The molecule has 0 fully saturated rings. The number of nitrogens with zero attached hydrogens (tertiary/aromatic N) is 2. The molecule has 1 N–H and O–H groups in total. The minimum atomic E-state index is 0.869. The molecule has 0 atom stereocenters. The first-order valence-electron chi connectivity index (χ1n) is 4.02. The van der Waals surface area contributed by atoms with Crippen molar-refractivity contribution >= 4 is 32.9 Å². The molecular formula is C10H7BrN2O. The van der Waals surface area contributed by atoms with Crippen LogP contribution < -0.4 is 0 Å². The summed E-state index contributed by atoms with van der Waals surface area (Å²) in [6, 6.07) is 5.67. The van der Waals surface area contributed by atoms with Gasteiger partial charge in [0, 0.05) is 27.8 Å². The normalized spacial score (nSPS) is 11.2. The Hall–Kier alpha value is -1.42. The number of fused-ring (bicyclic) bond motifs is 1. The van der Waals surface area contributed by atoms with Gasteiger partial charge < -0.3 is 5.21 Å². The van der Waals surface area contributed by atoms with Gasteiger partial charge in [0.1, 0.15) is 0 Å². The lowest BCUT2D eigenvalue weighted by Crippen LogP contribution is -1.86. The fraction of sp³-hybridized carbons (Fsp3) is 0. The van der Waals surface area contributed by atoms with Crippen LogP contribution in [0.25, 0.3) is 10.8 Å². The van der Waals surface area contributed by atoms with E-state index >= 15 is 0 Å². The van der Waals surface area contributed by atoms with Crippen LogP contribution >= 0.6 is 15.9 Å². The third-order valence-corrected chi connectivity index (χ3v) is 2.69. The van der Waals surface area contributed by atoms with Gasteiger partial charge in [0.15, 0.2) is 0 Å². The number of aromatic nitrogens is 1. The van der Waals surface area contributed by atoms with Gasteiger partial charge in [0.05, 0.1) is 6.21 Å². The van der Waals surface area contributed by atoms with E-state index < -0.39 is 0 Å². The van der Waals surface area contributed by atoms with Crippen molar-refractivity contribution in [2.45, 2.75) is 0 Å². The number of rotatable bonds is 1. The van der Waals surface area contributed by atoms with Gasteiger partial charge in [0.2, 0.25) is 0 Å². The molecule has 0 bridgehead atoms. The molecule has 70 valence electrons. The minimum Gasteiger partial charge on any atom is -0.411 e. The first-order chi connectivity index (χ1) is 6.83. The summed E-state index contributed by atoms with van der Waals surface area (Å²) in [6.45, 7) is 0. The molecular weight excluding hydrogens is 244 g/mol. The van der Waals surface area contributed by atoms with E-state index in [1.165, 1.54) is 6.21 Å². The second kappa shape index (κ2) is 3.75. The molecule has 0 aliphatic heterocycles. The zero-order valence-electron chi connectivity index (χ0n) is 7.18. The highest BCUT2D eigenvalue weighted by Gasteiger charge is 2.01. The molecule has 4 heteroatoms. The molecule has 0 saturated heterocycles. The van der Waals surface area contributed by atoms with Crippen molar-refractivity contribution in [1.82, 2.24) is 4.98 Å². The molecule has 1 aromatic carbocycles. The highest BCUT2D eigenvalue weighted by molar-refractivity contribution is 9.10. The predicted octanol–water partition coefficient (Wildman–Crippen LogP) is 2.81. The van der Waals surface area contributed by atoms with E-state index in [9.17, 15) is 0 Å². The number of oxime groups is 1. The lowest BCUT2D eigenvalue weighted by Gasteiger charge is -2.02. The number of halogens is 1. The van der Waals surface area contributed by atoms with Crippen molar-refractivity contribution in [2.75, 3.05) is 0 Å². The second-order valence-electron chi connectivity index (χ2n) is 2.80. The average molecular weight is 251 g/mol. The molecule has 2 aromatic rings. The van der Waals surface area contributed by atoms with E-state index in [0.717, 1.165) is 20.8 Å². The van der Waals surface area contributed by atoms with E-state index in [1.807, 2.05) is 18.2 Å². The zero-order valence-corrected chi connectivity index (χ0v) is 8.77. The summed E-state index contributed by atoms with van der Waals surface area (Å²) in [5, 5.41) is 13.5. The van der Waals surface area contributed by atoms with Crippen LogP contribution in [-0.4, -0.2) is 16.4 Å². The van der Waals surface area contributed by atoms with Crippen LogP contribution in [0, 0.1) is 0 Å². The maximum absolute atomic E-state index is 8.49. The molecule has 14 heavy (non-hydrogen) atoms. The molecule has 2 rings (SSSR count). The van der Waals surface area contributed by atoms with Gasteiger partial charge in [0.25, 0.3) is 0 Å². The molecule has 1 heterocycles. The fourth-order valence-corrected chi connectivity index (χ4v) is 1.80. The summed E-state index contributed by atoms with van der Waals surface area (Å²) in [6.07, 6.45) is 4.90. The quantitative estimate of drug-likeness (QED) is 0.481. The van der Waals surface area contributed by atoms with E-state index in [4.69, 9.17) is 5.21 Å². The molecule has 0 aliphatic carbocycles. The van der Waals surface area contributed by atoms with Crippen molar-refractivity contribution in [3.05, 3.63) is 40.6 Å². The Morgan fingerprint density at radius 2 is 2.14 bits per heavy atom. The maximum Gasteiger partial charge on any atom is 0.0740 e. The molecule has 0 radical (unpaired) electrons. The minimum absolute atomic E-state index is 0.869. The van der Waals surface area contributed by atoms with Crippen molar-refractivity contribution < 1.29 is 5.21 Å². The summed E-state index contributed by atoms with van der Waals surface area (Å²) >= 11 is 3.44. The SMILES string of the molecule is ON=Cc1ccc(Br)c2cnccc12. The van der Waals surface area contributed by atoms with E-state index in [-0.39, 0.29) is 0 Å². The fourth-order valence-electron chi connectivity index (χ4n) is 1.35. The van der Waals surface area contributed by atoms with Gasteiger partial charge in [-0.05, 0) is 17.5 Å². The number of hydrogen-bond donors (Lipinski definition) is 1. The summed E-state index contributed by atoms with van der Waals surface area (Å²) in [5.74, 6) is 0. The number of benzene rings is 1. The van der Waals surface area contributed by atoms with Gasteiger partial charge in [-0.2, -0.15) is 0 Å². The first kappa shape index (κ1) is 9.15. The molecule has 0 amide bonds. The van der Waals surface area contributed by atoms with Gasteiger partial charge in [-0.25, -0.2) is 0 Å². The third-order valence-electron chi connectivity index (χ3n) is 2.00. The third kappa shape index (κ3) is 1.48. The predicted molar refractivity (Wildman–Crippen MR) is 58.8 cm³/mol. The van der Waals surface area contributed by atoms with Crippen LogP contribution in [0.1, 0.15) is 5.56 Å². The highest BCUT2D eigenvalue weighted by Crippen LogP contribution is 2.24. The maximum atomic E-state index is 8.49. The smallest absolute Gasteiger partial charge is 0.0740 e. The second-order valence-corrected chi connectivity index (χ2v) is 3.66. The lowest BCUT2D eigenvalue weighted by molar-refractivity contribution is 0.322. The highest BCUT2D eigenvalue weighted by atomic mass is 79.9. The van der Waals surface area contributed by atoms with Gasteiger partial charge in [-0.15, -0.1) is 0 Å². The average Bonchev–Trinajstić information content (AvgIpc) is 2.23. The number of pyridine rings is 1. The Morgan fingerprint density at radius 3 is 2.93 bits per heavy atom. The monoisotopic (exact) mass is 250 g/mol. The molecule has 1 aromatic heterocycles. The lowest BCUT2D eigenvalue weighted by atomic mass is 10.1. The van der Waals surface area contributed by atoms with Crippen molar-refractivity contribution in [3.8, 4) is 0 Å². The summed E-state index contributed by atoms with van der Waals surface area (Å²) in [5.41, 5.74) is 0.869. The van der Waals surface area contributed by atoms with Crippen LogP contribution in [0.3, 0.4) is 0 Å². The topological polar surface area (TPSA) is 45.5 Å².